The molecule has 0 aromatic rings. The van der Waals surface area contributed by atoms with E-state index >= 15 is 0 Å². The lowest BCUT2D eigenvalue weighted by atomic mass is 9.94. The van der Waals surface area contributed by atoms with Crippen LogP contribution >= 0.6 is 0 Å². The smallest absolute Gasteiger partial charge is 0.237 e. The number of carbonyl (C=O) groups is 1. The monoisotopic (exact) mass is 275 g/mol. The highest BCUT2D eigenvalue weighted by molar-refractivity contribution is 7.89. The van der Waals surface area contributed by atoms with Gasteiger partial charge in [0.2, 0.25) is 15.9 Å². The molecule has 0 aromatic carbocycles. The third kappa shape index (κ3) is 3.43. The number of carbonyl (C=O) groups excluding carboxylic acids is 1. The van der Waals surface area contributed by atoms with Crippen molar-refractivity contribution in [1.29, 1.82) is 0 Å². The molecule has 2 aliphatic rings. The van der Waals surface area contributed by atoms with Crippen molar-refractivity contribution >= 4 is 15.9 Å². The van der Waals surface area contributed by atoms with Crippen LogP contribution in [0.4, 0.5) is 0 Å². The molecular weight excluding hydrogens is 254 g/mol. The van der Waals surface area contributed by atoms with Gasteiger partial charge in [-0.05, 0) is 37.6 Å². The van der Waals surface area contributed by atoms with Gasteiger partial charge in [-0.1, -0.05) is 6.42 Å². The number of fused-ring (bicyclic) bond motifs is 1. The molecular formula is C11H21N3O3S. The topological polar surface area (TPSA) is 101 Å². The largest absolute Gasteiger partial charge is 0.355 e. The van der Waals surface area contributed by atoms with E-state index in [1.807, 2.05) is 0 Å². The lowest BCUT2D eigenvalue weighted by molar-refractivity contribution is -0.123. The third-order valence-corrected chi connectivity index (χ3v) is 4.79. The Morgan fingerprint density at radius 3 is 2.89 bits per heavy atom. The van der Waals surface area contributed by atoms with Gasteiger partial charge < -0.3 is 10.6 Å². The van der Waals surface area contributed by atoms with Crippen LogP contribution in [0.5, 0.6) is 0 Å². The summed E-state index contributed by atoms with van der Waals surface area (Å²) in [6.07, 6.45) is 3.91. The molecule has 104 valence electrons. The van der Waals surface area contributed by atoms with E-state index in [1.165, 1.54) is 12.8 Å². The van der Waals surface area contributed by atoms with Gasteiger partial charge in [0.25, 0.3) is 0 Å². The molecule has 0 bridgehead atoms. The Morgan fingerprint density at radius 2 is 2.17 bits per heavy atom. The van der Waals surface area contributed by atoms with E-state index in [9.17, 15) is 13.2 Å². The summed E-state index contributed by atoms with van der Waals surface area (Å²) < 4.78 is 21.5. The van der Waals surface area contributed by atoms with Crippen LogP contribution in [-0.2, 0) is 14.8 Å². The number of hydrogen-bond acceptors (Lipinski definition) is 4. The maximum atomic E-state index is 12.0. The highest BCUT2D eigenvalue weighted by Gasteiger charge is 2.42. The molecule has 1 saturated carbocycles. The summed E-state index contributed by atoms with van der Waals surface area (Å²) in [4.78, 5) is 12.0. The van der Waals surface area contributed by atoms with E-state index in [0.29, 0.717) is 24.8 Å². The Hall–Kier alpha value is -0.660. The number of nitrogens with one attached hydrogen (secondary N) is 2. The Balaban J connectivity index is 1.72. The first-order valence-electron chi connectivity index (χ1n) is 6.49. The summed E-state index contributed by atoms with van der Waals surface area (Å²) in [7, 11) is -3.42. The number of primary sulfonamides is 1. The maximum Gasteiger partial charge on any atom is 0.237 e. The van der Waals surface area contributed by atoms with Gasteiger partial charge in [0, 0.05) is 6.54 Å². The van der Waals surface area contributed by atoms with E-state index in [-0.39, 0.29) is 17.7 Å². The van der Waals surface area contributed by atoms with Crippen LogP contribution in [0.3, 0.4) is 0 Å². The highest BCUT2D eigenvalue weighted by Crippen LogP contribution is 2.37. The van der Waals surface area contributed by atoms with Crippen molar-refractivity contribution in [2.75, 3.05) is 18.8 Å². The second kappa shape index (κ2) is 5.54. The summed E-state index contributed by atoms with van der Waals surface area (Å²) in [5.74, 6) is 1.02. The van der Waals surface area contributed by atoms with Crippen LogP contribution in [0, 0.1) is 11.8 Å². The van der Waals surface area contributed by atoms with Gasteiger partial charge in [0.15, 0.2) is 0 Å². The molecule has 1 aliphatic heterocycles. The molecule has 4 N–H and O–H groups in total. The molecule has 6 nitrogen and oxygen atoms in total. The summed E-state index contributed by atoms with van der Waals surface area (Å²) in [5.41, 5.74) is 0. The molecule has 0 aromatic heterocycles. The van der Waals surface area contributed by atoms with Crippen LogP contribution in [0.25, 0.3) is 0 Å². The quantitative estimate of drug-likeness (QED) is 0.570. The van der Waals surface area contributed by atoms with Crippen LogP contribution < -0.4 is 15.8 Å². The van der Waals surface area contributed by atoms with Crippen molar-refractivity contribution in [3.63, 3.8) is 0 Å². The van der Waals surface area contributed by atoms with Crippen molar-refractivity contribution in [2.45, 2.75) is 31.7 Å². The van der Waals surface area contributed by atoms with Crippen molar-refractivity contribution in [3.8, 4) is 0 Å². The van der Waals surface area contributed by atoms with Crippen LogP contribution in [0.1, 0.15) is 25.7 Å². The first-order valence-corrected chi connectivity index (χ1v) is 8.20. The lowest BCUT2D eigenvalue weighted by Gasteiger charge is -2.17. The first-order chi connectivity index (χ1) is 8.47. The van der Waals surface area contributed by atoms with Crippen LogP contribution in [0.2, 0.25) is 0 Å². The first kappa shape index (κ1) is 13.8. The Labute approximate surface area is 108 Å². The summed E-state index contributed by atoms with van der Waals surface area (Å²) in [6.45, 7) is 1.30. The van der Waals surface area contributed by atoms with Gasteiger partial charge >= 0.3 is 0 Å². The normalized spacial score (nSPS) is 31.3. The molecule has 0 radical (unpaired) electrons. The van der Waals surface area contributed by atoms with Gasteiger partial charge in [0.1, 0.15) is 0 Å². The SMILES string of the molecule is NS(=O)(=O)CCCNC(=O)C1NCC2CCCC21. The average Bonchev–Trinajstić information content (AvgIpc) is 2.83. The Kier molecular flexibility index (Phi) is 4.24. The minimum absolute atomic E-state index is 0.00109. The van der Waals surface area contributed by atoms with Gasteiger partial charge in [-0.25, -0.2) is 13.6 Å². The van der Waals surface area contributed by atoms with E-state index in [4.69, 9.17) is 5.14 Å². The van der Waals surface area contributed by atoms with Crippen molar-refractivity contribution in [2.24, 2.45) is 17.0 Å². The number of nitrogens with two attached hydrogens (primary N) is 1. The molecule has 1 heterocycles. The molecule has 1 aliphatic carbocycles. The fourth-order valence-corrected chi connectivity index (χ4v) is 3.62. The standard InChI is InChI=1S/C11H21N3O3S/c12-18(16,17)6-2-5-13-11(15)10-9-4-1-3-8(9)7-14-10/h8-10,14H,1-7H2,(H,13,15)(H2,12,16,17). The van der Waals surface area contributed by atoms with E-state index in [0.717, 1.165) is 13.0 Å². The number of sulfonamides is 1. The zero-order valence-corrected chi connectivity index (χ0v) is 11.2. The Bertz CT molecular complexity index is 410. The van der Waals surface area contributed by atoms with Gasteiger partial charge in [0.05, 0.1) is 11.8 Å². The summed E-state index contributed by atoms with van der Waals surface area (Å²) >= 11 is 0. The minimum Gasteiger partial charge on any atom is -0.355 e. The van der Waals surface area contributed by atoms with Crippen molar-refractivity contribution in [1.82, 2.24) is 10.6 Å². The molecule has 7 heteroatoms. The van der Waals surface area contributed by atoms with E-state index < -0.39 is 10.0 Å². The second-order valence-corrected chi connectivity index (χ2v) is 6.99. The minimum atomic E-state index is -3.42. The predicted molar refractivity (Wildman–Crippen MR) is 68.2 cm³/mol. The molecule has 3 unspecified atom stereocenters. The zero-order valence-electron chi connectivity index (χ0n) is 10.4. The van der Waals surface area contributed by atoms with Crippen molar-refractivity contribution < 1.29 is 13.2 Å². The fourth-order valence-electron chi connectivity index (χ4n) is 3.07. The predicted octanol–water partition coefficient (Wildman–Crippen LogP) is -0.831. The molecule has 1 amide bonds. The lowest BCUT2D eigenvalue weighted by Crippen LogP contribution is -2.44. The maximum absolute atomic E-state index is 12.0. The number of hydrogen-bond donors (Lipinski definition) is 3. The summed E-state index contributed by atoms with van der Waals surface area (Å²) in [6, 6.07) is -0.0908. The van der Waals surface area contributed by atoms with Gasteiger partial charge in [-0.2, -0.15) is 0 Å². The van der Waals surface area contributed by atoms with E-state index in [1.54, 1.807) is 0 Å². The van der Waals surface area contributed by atoms with Crippen LogP contribution in [0.15, 0.2) is 0 Å². The molecule has 1 saturated heterocycles. The fraction of sp³-hybridized carbons (Fsp3) is 0.909. The van der Waals surface area contributed by atoms with Gasteiger partial charge in [-0.15, -0.1) is 0 Å². The molecule has 0 spiro atoms. The molecule has 2 rings (SSSR count). The number of amides is 1. The third-order valence-electron chi connectivity index (χ3n) is 3.93. The molecule has 3 atom stereocenters. The molecule has 18 heavy (non-hydrogen) atoms. The second-order valence-electron chi connectivity index (χ2n) is 5.25. The molecule has 2 fully saturated rings. The zero-order chi connectivity index (χ0) is 13.2. The average molecular weight is 275 g/mol. The highest BCUT2D eigenvalue weighted by atomic mass is 32.2. The summed E-state index contributed by atoms with van der Waals surface area (Å²) in [5, 5.41) is 10.9. The van der Waals surface area contributed by atoms with E-state index in [2.05, 4.69) is 10.6 Å². The van der Waals surface area contributed by atoms with Crippen molar-refractivity contribution in [3.05, 3.63) is 0 Å². The number of rotatable bonds is 5. The Morgan fingerprint density at radius 1 is 1.39 bits per heavy atom. The van der Waals surface area contributed by atoms with Crippen LogP contribution in [-0.4, -0.2) is 39.2 Å². The van der Waals surface area contributed by atoms with Gasteiger partial charge in [-0.3, -0.25) is 4.79 Å².